The SMILES string of the molecule is CNS(=O)(=O)OC1CC(Nc2ncncc2C(=O)c2cc([C@@H]3SCc4ccc(Cl)cc43)c(C)s2)CC1O. The standard InChI is InChI=1S/C24H25ClN4O5S3/c1-12-16(23-17-5-14(25)4-3-13(17)10-35-23)8-21(36-12)22(31)18-9-27-11-28-24(18)29-15-6-19(30)20(7-15)34-37(32,33)26-2/h3-5,8-9,11,15,19-20,23,26,30H,6-7,10H2,1-2H3,(H,27,28,29)/t15?,19?,20?,23-/m0/s1. The number of hydrogen-bond donors (Lipinski definition) is 3. The van der Waals surface area contributed by atoms with Gasteiger partial charge < -0.3 is 10.4 Å². The average molecular weight is 581 g/mol. The van der Waals surface area contributed by atoms with Gasteiger partial charge in [-0.15, -0.1) is 23.1 Å². The summed E-state index contributed by atoms with van der Waals surface area (Å²) in [6.45, 7) is 2.01. The smallest absolute Gasteiger partial charge is 0.335 e. The van der Waals surface area contributed by atoms with Crippen molar-refractivity contribution in [1.82, 2.24) is 14.7 Å². The maximum atomic E-state index is 13.6. The Morgan fingerprint density at radius 1 is 1.24 bits per heavy atom. The number of carbonyl (C=O) groups is 1. The lowest BCUT2D eigenvalue weighted by molar-refractivity contribution is 0.0636. The van der Waals surface area contributed by atoms with Crippen molar-refractivity contribution in [2.75, 3.05) is 12.4 Å². The molecule has 3 aromatic rings. The van der Waals surface area contributed by atoms with E-state index in [-0.39, 0.29) is 29.9 Å². The normalized spacial score (nSPS) is 23.2. The number of hydrogen-bond acceptors (Lipinski definition) is 10. The van der Waals surface area contributed by atoms with Gasteiger partial charge in [-0.3, -0.25) is 8.98 Å². The largest absolute Gasteiger partial charge is 0.390 e. The van der Waals surface area contributed by atoms with Gasteiger partial charge in [-0.1, -0.05) is 17.7 Å². The summed E-state index contributed by atoms with van der Waals surface area (Å²) in [6.07, 6.45) is 1.39. The second kappa shape index (κ2) is 10.6. The molecule has 9 nitrogen and oxygen atoms in total. The van der Waals surface area contributed by atoms with E-state index in [0.29, 0.717) is 21.3 Å². The number of nitrogens with zero attached hydrogens (tertiary/aromatic N) is 2. The number of carbonyl (C=O) groups excluding carboxylic acids is 1. The predicted octanol–water partition coefficient (Wildman–Crippen LogP) is 3.85. The van der Waals surface area contributed by atoms with Crippen LogP contribution in [0.5, 0.6) is 0 Å². The molecule has 3 heterocycles. The van der Waals surface area contributed by atoms with Crippen LogP contribution in [0.2, 0.25) is 5.02 Å². The van der Waals surface area contributed by atoms with Crippen molar-refractivity contribution in [3.05, 3.63) is 73.8 Å². The number of thiophene rings is 1. The summed E-state index contributed by atoms with van der Waals surface area (Å²) in [5.74, 6) is 1.01. The highest BCUT2D eigenvalue weighted by molar-refractivity contribution is 7.99. The molecule has 0 saturated heterocycles. The second-order valence-electron chi connectivity index (χ2n) is 8.94. The van der Waals surface area contributed by atoms with E-state index in [1.54, 1.807) is 0 Å². The Morgan fingerprint density at radius 3 is 2.84 bits per heavy atom. The first-order valence-corrected chi connectivity index (χ1v) is 15.2. The number of aryl methyl sites for hydroxylation is 1. The van der Waals surface area contributed by atoms with Crippen LogP contribution in [0.15, 0.2) is 36.8 Å². The van der Waals surface area contributed by atoms with Crippen LogP contribution in [-0.2, 0) is 20.2 Å². The number of aromatic nitrogens is 2. The van der Waals surface area contributed by atoms with Crippen molar-refractivity contribution in [3.8, 4) is 0 Å². The van der Waals surface area contributed by atoms with Gasteiger partial charge in [-0.25, -0.2) is 9.97 Å². The molecule has 3 unspecified atom stereocenters. The second-order valence-corrected chi connectivity index (χ2v) is 13.2. The minimum Gasteiger partial charge on any atom is -0.390 e. The van der Waals surface area contributed by atoms with Crippen LogP contribution >= 0.6 is 34.7 Å². The van der Waals surface area contributed by atoms with Gasteiger partial charge in [0, 0.05) is 34.9 Å². The maximum Gasteiger partial charge on any atom is 0.335 e. The number of rotatable bonds is 8. The molecule has 0 bridgehead atoms. The number of anilines is 1. The Morgan fingerprint density at radius 2 is 2.05 bits per heavy atom. The molecule has 3 N–H and O–H groups in total. The van der Waals surface area contributed by atoms with Crippen LogP contribution in [0, 0.1) is 6.92 Å². The summed E-state index contributed by atoms with van der Waals surface area (Å²) in [4.78, 5) is 23.5. The number of aliphatic hydroxyl groups is 1. The lowest BCUT2D eigenvalue weighted by Gasteiger charge is -2.15. The number of ketones is 1. The van der Waals surface area contributed by atoms with E-state index in [0.717, 1.165) is 16.2 Å². The summed E-state index contributed by atoms with van der Waals surface area (Å²) in [7, 11) is -2.71. The molecule has 37 heavy (non-hydrogen) atoms. The molecular formula is C24H25ClN4O5S3. The highest BCUT2D eigenvalue weighted by Gasteiger charge is 2.37. The molecule has 13 heteroatoms. The molecule has 2 aliphatic rings. The Bertz CT molecular complexity index is 1450. The lowest BCUT2D eigenvalue weighted by atomic mass is 10.00. The summed E-state index contributed by atoms with van der Waals surface area (Å²) in [5.41, 5.74) is 3.83. The van der Waals surface area contributed by atoms with Gasteiger partial charge in [0.2, 0.25) is 5.78 Å². The monoisotopic (exact) mass is 580 g/mol. The molecule has 1 saturated carbocycles. The Labute approximate surface area is 228 Å². The van der Waals surface area contributed by atoms with Crippen LogP contribution in [-0.4, -0.2) is 54.6 Å². The zero-order valence-corrected chi connectivity index (χ0v) is 23.2. The van der Waals surface area contributed by atoms with E-state index in [2.05, 4.69) is 26.1 Å². The number of fused-ring (bicyclic) bond motifs is 1. The van der Waals surface area contributed by atoms with Crippen LogP contribution in [0.3, 0.4) is 0 Å². The molecule has 0 radical (unpaired) electrons. The van der Waals surface area contributed by atoms with Gasteiger partial charge in [0.1, 0.15) is 18.2 Å². The number of aliphatic hydroxyl groups excluding tert-OH is 1. The van der Waals surface area contributed by atoms with Crippen molar-refractivity contribution >= 4 is 56.6 Å². The van der Waals surface area contributed by atoms with Crippen molar-refractivity contribution in [2.45, 2.75) is 49.0 Å². The van der Waals surface area contributed by atoms with Gasteiger partial charge in [0.25, 0.3) is 0 Å². The van der Waals surface area contributed by atoms with E-state index < -0.39 is 22.5 Å². The molecule has 0 amide bonds. The van der Waals surface area contributed by atoms with Gasteiger partial charge in [-0.05, 0) is 54.7 Å². The maximum absolute atomic E-state index is 13.6. The van der Waals surface area contributed by atoms with E-state index in [1.165, 1.54) is 42.0 Å². The fourth-order valence-electron chi connectivity index (χ4n) is 4.68. The zero-order chi connectivity index (χ0) is 26.3. The van der Waals surface area contributed by atoms with Crippen LogP contribution in [0.25, 0.3) is 0 Å². The minimum atomic E-state index is -3.94. The third-order valence-corrected chi connectivity index (χ3v) is 10.1. The van der Waals surface area contributed by atoms with Crippen molar-refractivity contribution in [1.29, 1.82) is 0 Å². The molecule has 2 aromatic heterocycles. The number of thioether (sulfide) groups is 1. The molecule has 1 fully saturated rings. The highest BCUT2D eigenvalue weighted by Crippen LogP contribution is 2.49. The van der Waals surface area contributed by atoms with E-state index >= 15 is 0 Å². The average Bonchev–Trinajstić information content (AvgIpc) is 3.55. The van der Waals surface area contributed by atoms with Crippen LogP contribution in [0.1, 0.15) is 54.9 Å². The molecule has 1 aliphatic carbocycles. The molecular weight excluding hydrogens is 556 g/mol. The molecule has 1 aliphatic heterocycles. The van der Waals surface area contributed by atoms with Gasteiger partial charge in [0.15, 0.2) is 0 Å². The van der Waals surface area contributed by atoms with E-state index in [4.69, 9.17) is 15.8 Å². The summed E-state index contributed by atoms with van der Waals surface area (Å²) in [5, 5.41) is 14.3. The lowest BCUT2D eigenvalue weighted by Crippen LogP contribution is -2.31. The quantitative estimate of drug-likeness (QED) is 0.340. The summed E-state index contributed by atoms with van der Waals surface area (Å²) >= 11 is 9.50. The number of halogens is 1. The third-order valence-electron chi connectivity index (χ3n) is 6.53. The zero-order valence-electron chi connectivity index (χ0n) is 20.0. The summed E-state index contributed by atoms with van der Waals surface area (Å²) < 4.78 is 30.6. The number of nitrogens with one attached hydrogen (secondary N) is 2. The van der Waals surface area contributed by atoms with Crippen LogP contribution < -0.4 is 10.0 Å². The fraction of sp³-hybridized carbons (Fsp3) is 0.375. The van der Waals surface area contributed by atoms with Crippen molar-refractivity contribution < 1.29 is 22.5 Å². The highest BCUT2D eigenvalue weighted by atomic mass is 35.5. The van der Waals surface area contributed by atoms with Crippen LogP contribution in [0.4, 0.5) is 5.82 Å². The first-order valence-electron chi connectivity index (χ1n) is 11.6. The van der Waals surface area contributed by atoms with Gasteiger partial charge in [0.05, 0.1) is 21.8 Å². The summed E-state index contributed by atoms with van der Waals surface area (Å²) in [6, 6.07) is 7.56. The molecule has 0 spiro atoms. The molecule has 5 rings (SSSR count). The number of benzene rings is 1. The first-order chi connectivity index (χ1) is 17.6. The van der Waals surface area contributed by atoms with E-state index in [9.17, 15) is 18.3 Å². The van der Waals surface area contributed by atoms with Crippen molar-refractivity contribution in [2.24, 2.45) is 0 Å². The van der Waals surface area contributed by atoms with Crippen molar-refractivity contribution in [3.63, 3.8) is 0 Å². The predicted molar refractivity (Wildman–Crippen MR) is 145 cm³/mol. The van der Waals surface area contributed by atoms with E-state index in [1.807, 2.05) is 36.9 Å². The minimum absolute atomic E-state index is 0.113. The Balaban J connectivity index is 1.36. The Hall–Kier alpha value is -2.06. The third kappa shape index (κ3) is 5.56. The topological polar surface area (TPSA) is 131 Å². The molecule has 1 aromatic carbocycles. The van der Waals surface area contributed by atoms with Gasteiger partial charge in [-0.2, -0.15) is 13.1 Å². The van der Waals surface area contributed by atoms with Gasteiger partial charge >= 0.3 is 10.3 Å². The Kier molecular flexibility index (Phi) is 7.60. The molecule has 196 valence electrons. The first kappa shape index (κ1) is 26.5. The molecule has 4 atom stereocenters. The fourth-order valence-corrected chi connectivity index (χ4v) is 8.01.